The minimum absolute atomic E-state index is 0.0413. The van der Waals surface area contributed by atoms with Crippen molar-refractivity contribution in [2.24, 2.45) is 0 Å². The number of carbonyl (C=O) groups excluding carboxylic acids is 1. The van der Waals surface area contributed by atoms with Crippen molar-refractivity contribution in [3.8, 4) is 11.5 Å². The molecule has 1 aliphatic carbocycles. The number of carbonyl (C=O) groups is 1. The van der Waals surface area contributed by atoms with Crippen molar-refractivity contribution in [2.75, 3.05) is 7.11 Å². The Kier molecular flexibility index (Phi) is 4.08. The van der Waals surface area contributed by atoms with E-state index in [0.29, 0.717) is 12.2 Å². The van der Waals surface area contributed by atoms with E-state index in [4.69, 9.17) is 21.1 Å². The molecule has 0 aliphatic heterocycles. The second-order valence-electron chi connectivity index (χ2n) is 5.33. The Morgan fingerprint density at radius 2 is 1.95 bits per heavy atom. The standard InChI is InChI=1S/C18H17ClO3/c1-3-16(20)22-18-13-7-5-4-6-12(13)17(21-2)14-9-8-11(19)10-15(14)18/h3-7,11H,1,8-10H2,2H3. The van der Waals surface area contributed by atoms with Gasteiger partial charge in [-0.1, -0.05) is 30.8 Å². The summed E-state index contributed by atoms with van der Waals surface area (Å²) in [7, 11) is 1.67. The molecule has 0 saturated carbocycles. The van der Waals surface area contributed by atoms with Crippen LogP contribution in [0.4, 0.5) is 0 Å². The van der Waals surface area contributed by atoms with Crippen LogP contribution in [0.15, 0.2) is 36.9 Å². The lowest BCUT2D eigenvalue weighted by molar-refractivity contribution is -0.128. The fourth-order valence-corrected chi connectivity index (χ4v) is 3.34. The smallest absolute Gasteiger partial charge is 0.335 e. The van der Waals surface area contributed by atoms with E-state index in [9.17, 15) is 4.79 Å². The molecule has 0 N–H and O–H groups in total. The first-order valence-electron chi connectivity index (χ1n) is 7.24. The van der Waals surface area contributed by atoms with Gasteiger partial charge in [-0.05, 0) is 19.3 Å². The topological polar surface area (TPSA) is 35.5 Å². The van der Waals surface area contributed by atoms with Crippen molar-refractivity contribution in [1.29, 1.82) is 0 Å². The second kappa shape index (κ2) is 6.01. The van der Waals surface area contributed by atoms with Gasteiger partial charge in [-0.15, -0.1) is 11.6 Å². The summed E-state index contributed by atoms with van der Waals surface area (Å²) in [4.78, 5) is 11.7. The average Bonchev–Trinajstić information content (AvgIpc) is 2.55. The largest absolute Gasteiger partial charge is 0.496 e. The summed E-state index contributed by atoms with van der Waals surface area (Å²) in [6.45, 7) is 3.47. The number of hydrogen-bond donors (Lipinski definition) is 0. The molecule has 0 amide bonds. The van der Waals surface area contributed by atoms with Crippen molar-refractivity contribution < 1.29 is 14.3 Å². The van der Waals surface area contributed by atoms with Crippen LogP contribution >= 0.6 is 11.6 Å². The number of rotatable bonds is 3. The van der Waals surface area contributed by atoms with Gasteiger partial charge in [0.05, 0.1) is 7.11 Å². The average molecular weight is 317 g/mol. The van der Waals surface area contributed by atoms with Crippen LogP contribution in [0.2, 0.25) is 0 Å². The highest BCUT2D eigenvalue weighted by atomic mass is 35.5. The quantitative estimate of drug-likeness (QED) is 0.371. The third-order valence-electron chi connectivity index (χ3n) is 4.04. The van der Waals surface area contributed by atoms with Gasteiger partial charge in [0.1, 0.15) is 11.5 Å². The fraction of sp³-hybridized carbons (Fsp3) is 0.278. The van der Waals surface area contributed by atoms with E-state index in [-0.39, 0.29) is 5.38 Å². The lowest BCUT2D eigenvalue weighted by Gasteiger charge is -2.26. The molecule has 1 atom stereocenters. The predicted molar refractivity (Wildman–Crippen MR) is 88.0 cm³/mol. The second-order valence-corrected chi connectivity index (χ2v) is 5.95. The van der Waals surface area contributed by atoms with Crippen molar-refractivity contribution in [3.63, 3.8) is 0 Å². The zero-order valence-corrected chi connectivity index (χ0v) is 13.2. The molecule has 0 aromatic heterocycles. The molecular formula is C18H17ClO3. The van der Waals surface area contributed by atoms with Gasteiger partial charge in [0.15, 0.2) is 0 Å². The van der Waals surface area contributed by atoms with Crippen molar-refractivity contribution in [1.82, 2.24) is 0 Å². The number of fused-ring (bicyclic) bond motifs is 2. The monoisotopic (exact) mass is 316 g/mol. The summed E-state index contributed by atoms with van der Waals surface area (Å²) in [6, 6.07) is 7.78. The zero-order valence-electron chi connectivity index (χ0n) is 12.4. The zero-order chi connectivity index (χ0) is 15.7. The fourth-order valence-electron chi connectivity index (χ4n) is 3.08. The molecule has 1 aliphatic rings. The molecule has 0 heterocycles. The molecule has 0 fully saturated rings. The number of hydrogen-bond acceptors (Lipinski definition) is 3. The Morgan fingerprint density at radius 3 is 2.59 bits per heavy atom. The molecule has 0 spiro atoms. The summed E-state index contributed by atoms with van der Waals surface area (Å²) in [6.07, 6.45) is 3.54. The van der Waals surface area contributed by atoms with Gasteiger partial charge in [-0.25, -0.2) is 4.79 Å². The van der Waals surface area contributed by atoms with Gasteiger partial charge in [-0.3, -0.25) is 0 Å². The number of esters is 1. The Morgan fingerprint density at radius 1 is 1.27 bits per heavy atom. The molecule has 2 aromatic carbocycles. The van der Waals surface area contributed by atoms with Crippen LogP contribution in [-0.2, 0) is 17.6 Å². The number of benzene rings is 2. The number of ether oxygens (including phenoxy) is 2. The van der Waals surface area contributed by atoms with E-state index in [1.165, 1.54) is 6.08 Å². The van der Waals surface area contributed by atoms with E-state index in [0.717, 1.165) is 40.5 Å². The summed E-state index contributed by atoms with van der Waals surface area (Å²) in [5, 5.41) is 1.85. The molecule has 22 heavy (non-hydrogen) atoms. The summed E-state index contributed by atoms with van der Waals surface area (Å²) < 4.78 is 11.2. The normalized spacial score (nSPS) is 16.9. The third-order valence-corrected chi connectivity index (χ3v) is 4.41. The maximum atomic E-state index is 11.7. The summed E-state index contributed by atoms with van der Waals surface area (Å²) >= 11 is 6.33. The van der Waals surface area contributed by atoms with Gasteiger partial charge in [0.2, 0.25) is 0 Å². The predicted octanol–water partition coefficient (Wildman–Crippen LogP) is 4.04. The molecule has 1 unspecified atom stereocenters. The van der Waals surface area contributed by atoms with Crippen LogP contribution < -0.4 is 9.47 Å². The van der Waals surface area contributed by atoms with Gasteiger partial charge >= 0.3 is 5.97 Å². The molecule has 114 valence electrons. The van der Waals surface area contributed by atoms with Crippen LogP contribution in [-0.4, -0.2) is 18.5 Å². The summed E-state index contributed by atoms with van der Waals surface area (Å²) in [5.74, 6) is 0.975. The molecule has 3 rings (SSSR count). The maximum absolute atomic E-state index is 11.7. The molecule has 2 aromatic rings. The molecular weight excluding hydrogens is 300 g/mol. The summed E-state index contributed by atoms with van der Waals surface area (Å²) in [5.41, 5.74) is 2.06. The number of alkyl halides is 1. The SMILES string of the molecule is C=CC(=O)Oc1c2c(c(OC)c3ccccc13)CCC(Cl)C2. The van der Waals surface area contributed by atoms with Crippen LogP contribution in [0.5, 0.6) is 11.5 Å². The Bertz CT molecular complexity index is 752. The minimum atomic E-state index is -0.464. The first kappa shape index (κ1) is 14.9. The first-order valence-corrected chi connectivity index (χ1v) is 7.68. The van der Waals surface area contributed by atoms with Gasteiger partial charge < -0.3 is 9.47 Å². The van der Waals surface area contributed by atoms with Crippen molar-refractivity contribution in [3.05, 3.63) is 48.0 Å². The van der Waals surface area contributed by atoms with Crippen LogP contribution in [0, 0.1) is 0 Å². The van der Waals surface area contributed by atoms with Crippen molar-refractivity contribution in [2.45, 2.75) is 24.6 Å². The highest BCUT2D eigenvalue weighted by Gasteiger charge is 2.27. The van der Waals surface area contributed by atoms with E-state index in [2.05, 4.69) is 6.58 Å². The Balaban J connectivity index is 2.32. The van der Waals surface area contributed by atoms with E-state index >= 15 is 0 Å². The van der Waals surface area contributed by atoms with E-state index < -0.39 is 5.97 Å². The lowest BCUT2D eigenvalue weighted by Crippen LogP contribution is -2.18. The lowest BCUT2D eigenvalue weighted by atomic mass is 9.87. The third kappa shape index (κ3) is 2.46. The van der Waals surface area contributed by atoms with Crippen molar-refractivity contribution >= 4 is 28.3 Å². The highest BCUT2D eigenvalue weighted by Crippen LogP contribution is 2.44. The van der Waals surface area contributed by atoms with Gasteiger partial charge in [-0.2, -0.15) is 0 Å². The molecule has 0 radical (unpaired) electrons. The number of halogens is 1. The van der Waals surface area contributed by atoms with Crippen LogP contribution in [0.3, 0.4) is 0 Å². The highest BCUT2D eigenvalue weighted by molar-refractivity contribution is 6.21. The molecule has 0 saturated heterocycles. The Hall–Kier alpha value is -2.00. The van der Waals surface area contributed by atoms with Crippen LogP contribution in [0.25, 0.3) is 10.8 Å². The minimum Gasteiger partial charge on any atom is -0.496 e. The molecule has 0 bridgehead atoms. The molecule has 4 heteroatoms. The number of methoxy groups -OCH3 is 1. The van der Waals surface area contributed by atoms with Crippen LogP contribution in [0.1, 0.15) is 17.5 Å². The van der Waals surface area contributed by atoms with E-state index in [1.54, 1.807) is 7.11 Å². The first-order chi connectivity index (χ1) is 10.7. The maximum Gasteiger partial charge on any atom is 0.335 e. The Labute approximate surface area is 134 Å². The van der Waals surface area contributed by atoms with Gasteiger partial charge in [0.25, 0.3) is 0 Å². The van der Waals surface area contributed by atoms with E-state index in [1.807, 2.05) is 24.3 Å². The van der Waals surface area contributed by atoms with Gasteiger partial charge in [0, 0.05) is 33.4 Å². The molecule has 3 nitrogen and oxygen atoms in total.